The van der Waals surface area contributed by atoms with Gasteiger partial charge in [-0.25, -0.2) is 4.98 Å². The number of thiophene rings is 1. The molecule has 3 aromatic rings. The van der Waals surface area contributed by atoms with Gasteiger partial charge in [0.1, 0.15) is 28.5 Å². The van der Waals surface area contributed by atoms with E-state index in [4.69, 9.17) is 18.6 Å². The minimum atomic E-state index is -1.38. The van der Waals surface area contributed by atoms with E-state index in [0.29, 0.717) is 45.9 Å². The zero-order valence-corrected chi connectivity index (χ0v) is 25.8. The van der Waals surface area contributed by atoms with Crippen LogP contribution in [0.3, 0.4) is 0 Å². The molecule has 3 aliphatic rings. The smallest absolute Gasteiger partial charge is 0.289 e. The molecule has 0 saturated carbocycles. The van der Waals surface area contributed by atoms with Crippen LogP contribution in [0.2, 0.25) is 0 Å². The minimum Gasteiger partial charge on any atom is -0.496 e. The quantitative estimate of drug-likeness (QED) is 0.266. The molecule has 2 fully saturated rings. The number of methoxy groups -OCH3 is 1. The Morgan fingerprint density at radius 2 is 1.89 bits per heavy atom. The molecule has 232 valence electrons. The van der Waals surface area contributed by atoms with Gasteiger partial charge in [0, 0.05) is 38.8 Å². The fourth-order valence-corrected chi connectivity index (χ4v) is 7.71. The molecule has 2 saturated heterocycles. The van der Waals surface area contributed by atoms with Gasteiger partial charge in [-0.05, 0) is 44.2 Å². The lowest BCUT2D eigenvalue weighted by Crippen LogP contribution is -2.58. The zero-order valence-electron chi connectivity index (χ0n) is 25.0. The molecule has 1 atom stereocenters. The lowest BCUT2D eigenvalue weighted by atomic mass is 9.69. The number of benzene rings is 1. The molecule has 12 heteroatoms. The van der Waals surface area contributed by atoms with E-state index in [1.54, 1.807) is 18.2 Å². The molecule has 0 bridgehead atoms. The molecule has 11 nitrogen and oxygen atoms in total. The van der Waals surface area contributed by atoms with Crippen LogP contribution in [-0.2, 0) is 23.9 Å². The van der Waals surface area contributed by atoms with E-state index in [9.17, 15) is 19.2 Å². The fourth-order valence-electron chi connectivity index (χ4n) is 6.46. The van der Waals surface area contributed by atoms with Gasteiger partial charge in [-0.1, -0.05) is 18.2 Å². The van der Waals surface area contributed by atoms with E-state index in [0.717, 1.165) is 18.4 Å². The summed E-state index contributed by atoms with van der Waals surface area (Å²) in [7, 11) is 1.60. The number of piperidine rings is 1. The minimum absolute atomic E-state index is 0.0811. The SMILES string of the molecule is COc1ccccc1[C@H](CN1C(=O)C2(CCN(C(=O)C(C)=O)CC2)C(=O)c2c1sc(-c1ncco1)c2C)OC1CCOCC1. The van der Waals surface area contributed by atoms with Crippen molar-refractivity contribution < 1.29 is 37.8 Å². The molecule has 5 heterocycles. The number of carbonyl (C=O) groups excluding carboxylic acids is 4. The number of amides is 2. The van der Waals surface area contributed by atoms with Crippen molar-refractivity contribution in [2.75, 3.05) is 44.9 Å². The molecular formula is C32H35N3O8S. The Labute approximate surface area is 259 Å². The van der Waals surface area contributed by atoms with Crippen LogP contribution in [0.5, 0.6) is 5.75 Å². The van der Waals surface area contributed by atoms with Crippen LogP contribution in [-0.4, -0.2) is 79.3 Å². The van der Waals surface area contributed by atoms with Crippen LogP contribution in [0.15, 0.2) is 41.1 Å². The largest absolute Gasteiger partial charge is 0.496 e. The van der Waals surface area contributed by atoms with Gasteiger partial charge in [0.05, 0.1) is 36.4 Å². The third-order valence-electron chi connectivity index (χ3n) is 8.88. The van der Waals surface area contributed by atoms with Crippen LogP contribution < -0.4 is 9.64 Å². The number of Topliss-reactive ketones (excluding diaryl/α,β-unsaturated/α-hetero) is 2. The monoisotopic (exact) mass is 621 g/mol. The van der Waals surface area contributed by atoms with Crippen LogP contribution in [0.4, 0.5) is 5.00 Å². The van der Waals surface area contributed by atoms with Crippen LogP contribution in [0.1, 0.15) is 60.2 Å². The number of likely N-dealkylation sites (tertiary alicyclic amines) is 1. The second-order valence-electron chi connectivity index (χ2n) is 11.4. The van der Waals surface area contributed by atoms with E-state index >= 15 is 0 Å². The van der Waals surface area contributed by atoms with Crippen LogP contribution in [0, 0.1) is 12.3 Å². The first kappa shape index (κ1) is 30.2. The number of fused-ring (bicyclic) bond motifs is 1. The van der Waals surface area contributed by atoms with Gasteiger partial charge in [0.15, 0.2) is 5.78 Å². The van der Waals surface area contributed by atoms with E-state index in [-0.39, 0.29) is 50.3 Å². The van der Waals surface area contributed by atoms with E-state index < -0.39 is 23.2 Å². The Balaban J connectivity index is 1.43. The van der Waals surface area contributed by atoms with Crippen molar-refractivity contribution in [3.63, 3.8) is 0 Å². The molecular weight excluding hydrogens is 586 g/mol. The predicted molar refractivity (Wildman–Crippen MR) is 161 cm³/mol. The molecule has 0 radical (unpaired) electrons. The molecule has 2 aromatic heterocycles. The lowest BCUT2D eigenvalue weighted by Gasteiger charge is -2.45. The number of para-hydroxylation sites is 1. The second-order valence-corrected chi connectivity index (χ2v) is 12.4. The Hall–Kier alpha value is -3.87. The number of carbonyl (C=O) groups is 4. The Kier molecular flexibility index (Phi) is 8.40. The number of hydrogen-bond acceptors (Lipinski definition) is 10. The van der Waals surface area contributed by atoms with Gasteiger partial charge < -0.3 is 23.5 Å². The third kappa shape index (κ3) is 5.24. The Bertz CT molecular complexity index is 1570. The molecule has 2 amide bonds. The van der Waals surface area contributed by atoms with E-state index in [1.165, 1.54) is 29.4 Å². The summed E-state index contributed by atoms with van der Waals surface area (Å²) >= 11 is 1.30. The summed E-state index contributed by atoms with van der Waals surface area (Å²) in [6.45, 7) is 4.65. The van der Waals surface area contributed by atoms with Gasteiger partial charge in [0.25, 0.3) is 5.91 Å². The molecule has 3 aliphatic heterocycles. The summed E-state index contributed by atoms with van der Waals surface area (Å²) in [4.78, 5) is 61.5. The number of ketones is 2. The Morgan fingerprint density at radius 3 is 2.55 bits per heavy atom. The van der Waals surface area contributed by atoms with E-state index in [1.807, 2.05) is 31.2 Å². The number of ether oxygens (including phenoxy) is 3. The maximum Gasteiger partial charge on any atom is 0.289 e. The van der Waals surface area contributed by atoms with Gasteiger partial charge in [-0.3, -0.25) is 24.1 Å². The number of nitrogens with zero attached hydrogens (tertiary/aromatic N) is 3. The lowest BCUT2D eigenvalue weighted by molar-refractivity contribution is -0.146. The van der Waals surface area contributed by atoms with Gasteiger partial charge >= 0.3 is 0 Å². The van der Waals surface area contributed by atoms with Crippen LogP contribution >= 0.6 is 11.3 Å². The predicted octanol–water partition coefficient (Wildman–Crippen LogP) is 4.38. The average molecular weight is 622 g/mol. The van der Waals surface area contributed by atoms with Crippen molar-refractivity contribution >= 4 is 39.7 Å². The summed E-state index contributed by atoms with van der Waals surface area (Å²) in [5, 5.41) is 0.522. The summed E-state index contributed by atoms with van der Waals surface area (Å²) in [6.07, 6.45) is 4.04. The standard InChI is InChI=1S/C32H35N3O8S/c1-19-25-27(37)32(10-13-34(14-11-32)29(38)20(2)36)31(39)35(30(25)44-26(19)28-33-12-17-42-28)18-24(43-21-8-15-41-16-9-21)22-6-4-5-7-23(22)40-3/h4-7,12,17,21,24H,8-11,13-16,18H2,1-3H3/t24-/m0/s1. The van der Waals surface area contributed by atoms with Crippen LogP contribution in [0.25, 0.3) is 10.8 Å². The fraction of sp³-hybridized carbons (Fsp3) is 0.469. The van der Waals surface area contributed by atoms with Crippen molar-refractivity contribution in [1.82, 2.24) is 9.88 Å². The summed E-state index contributed by atoms with van der Waals surface area (Å²) in [6, 6.07) is 7.59. The number of rotatable bonds is 8. The first-order valence-corrected chi connectivity index (χ1v) is 15.6. The highest BCUT2D eigenvalue weighted by Crippen LogP contribution is 2.52. The van der Waals surface area contributed by atoms with Gasteiger partial charge in [-0.15, -0.1) is 11.3 Å². The number of aromatic nitrogens is 1. The highest BCUT2D eigenvalue weighted by atomic mass is 32.1. The zero-order chi connectivity index (χ0) is 31.0. The second kappa shape index (κ2) is 12.3. The molecule has 1 spiro atoms. The number of oxazole rings is 1. The average Bonchev–Trinajstić information content (AvgIpc) is 3.70. The maximum absolute atomic E-state index is 14.7. The maximum atomic E-state index is 14.7. The highest BCUT2D eigenvalue weighted by molar-refractivity contribution is 7.20. The first-order valence-electron chi connectivity index (χ1n) is 14.8. The molecule has 0 aliphatic carbocycles. The van der Waals surface area contributed by atoms with Gasteiger partial charge in [-0.2, -0.15) is 0 Å². The molecule has 1 aromatic carbocycles. The topological polar surface area (TPSA) is 128 Å². The number of hydrogen-bond donors (Lipinski definition) is 0. The van der Waals surface area contributed by atoms with Crippen molar-refractivity contribution in [1.29, 1.82) is 0 Å². The molecule has 0 N–H and O–H groups in total. The molecule has 0 unspecified atom stereocenters. The van der Waals surface area contributed by atoms with Crippen molar-refractivity contribution in [2.45, 2.75) is 51.7 Å². The van der Waals surface area contributed by atoms with Crippen molar-refractivity contribution in [3.05, 3.63) is 53.4 Å². The molecule has 44 heavy (non-hydrogen) atoms. The normalized spacial score (nSPS) is 19.2. The van der Waals surface area contributed by atoms with E-state index in [2.05, 4.69) is 4.98 Å². The third-order valence-corrected chi connectivity index (χ3v) is 10.2. The number of anilines is 1. The van der Waals surface area contributed by atoms with Crippen molar-refractivity contribution in [2.24, 2.45) is 5.41 Å². The summed E-state index contributed by atoms with van der Waals surface area (Å²) in [5.41, 5.74) is 0.559. The van der Waals surface area contributed by atoms with Gasteiger partial charge in [0.2, 0.25) is 17.6 Å². The highest BCUT2D eigenvalue weighted by Gasteiger charge is 2.56. The summed E-state index contributed by atoms with van der Waals surface area (Å²) in [5.74, 6) is -0.765. The summed E-state index contributed by atoms with van der Waals surface area (Å²) < 4.78 is 23.6. The first-order chi connectivity index (χ1) is 21.2. The Morgan fingerprint density at radius 1 is 1.16 bits per heavy atom. The molecule has 6 rings (SSSR count). The van der Waals surface area contributed by atoms with Crippen molar-refractivity contribution in [3.8, 4) is 16.5 Å².